The Morgan fingerprint density at radius 2 is 1.69 bits per heavy atom. The van der Waals surface area contributed by atoms with Crippen LogP contribution in [-0.2, 0) is 50.4 Å². The molecule has 70 heavy (non-hydrogen) atoms. The van der Waals surface area contributed by atoms with Gasteiger partial charge in [0.15, 0.2) is 55.1 Å². The molecule has 8 rings (SSSR count). The molecule has 1 aromatic carbocycles. The molecule has 3 saturated heterocycles. The van der Waals surface area contributed by atoms with Crippen molar-refractivity contribution >= 4 is 69.8 Å². The molecule has 10 atom stereocenters. The predicted molar refractivity (Wildman–Crippen MR) is 248 cm³/mol. The number of amides is 2. The number of nitrogens with one attached hydrogen (secondary N) is 4. The molecule has 2 bridgehead atoms. The molecule has 4 aromatic heterocycles. The largest absolute Gasteiger partial charge is 0.475 e. The Kier molecular flexibility index (Phi) is 14.7. The number of phosphoric ester groups is 1. The van der Waals surface area contributed by atoms with Crippen molar-refractivity contribution in [1.29, 1.82) is 5.26 Å². The summed E-state index contributed by atoms with van der Waals surface area (Å²) in [4.78, 5) is 63.2. The molecule has 0 spiro atoms. The van der Waals surface area contributed by atoms with Crippen molar-refractivity contribution < 1.29 is 59.6 Å². The van der Waals surface area contributed by atoms with E-state index in [9.17, 15) is 28.8 Å². The van der Waals surface area contributed by atoms with Gasteiger partial charge in [-0.15, -0.1) is 0 Å². The zero-order valence-corrected chi connectivity index (χ0v) is 42.1. The molecule has 5 aromatic rings. The summed E-state index contributed by atoms with van der Waals surface area (Å²) in [5.41, 5.74) is -0.418. The van der Waals surface area contributed by atoms with E-state index in [1.165, 1.54) is 17.2 Å². The summed E-state index contributed by atoms with van der Waals surface area (Å²) in [6.07, 6.45) is -8.92. The first-order valence-electron chi connectivity index (χ1n) is 22.1. The lowest BCUT2D eigenvalue weighted by Crippen LogP contribution is -2.49. The van der Waals surface area contributed by atoms with Gasteiger partial charge >= 0.3 is 15.6 Å². The summed E-state index contributed by atoms with van der Waals surface area (Å²) in [7, 11) is -11.3. The summed E-state index contributed by atoms with van der Waals surface area (Å²) in [6, 6.07) is 10.4. The highest BCUT2D eigenvalue weighted by Crippen LogP contribution is 2.57. The minimum atomic E-state index is -5.00. The van der Waals surface area contributed by atoms with Crippen LogP contribution in [0, 0.1) is 17.2 Å². The molecule has 25 nitrogen and oxygen atoms in total. The topological polar surface area (TPSA) is 309 Å². The van der Waals surface area contributed by atoms with Gasteiger partial charge in [0.1, 0.15) is 36.8 Å². The van der Waals surface area contributed by atoms with Gasteiger partial charge in [-0.2, -0.15) is 10.2 Å². The molecular weight excluding hydrogens is 978 g/mol. The fourth-order valence-corrected chi connectivity index (χ4v) is 11.4. The number of benzene rings is 1. The standard InChI is InChI=1S/C41H53FN12O13P2Si/c1-22(2)35(55)51-40-50-34-28(37(57)52-40)47-21-54(34)38-30-26(42)24(63-38)17-48-68(58,60-6)65-29-25(18-62-69(59,66-30)61-16-12-15-43)64-39(31(29)67-70(7,8)41(3,4)5)53-20-46-27-32(44-19-45-33(27)53)49-36(56)23-13-10-9-11-14-23/h9-11,13-14,19-22,24-26,29-31,38-39H,12,16-18H2,1-8H3,(H,48,58)(H,44,45,49,56)(H2,50,51,52,55,57). The second-order valence-electron chi connectivity index (χ2n) is 18.3. The third kappa shape index (κ3) is 10.4. The lowest BCUT2D eigenvalue weighted by Gasteiger charge is -2.41. The van der Waals surface area contributed by atoms with Gasteiger partial charge in [0, 0.05) is 25.1 Å². The number of nitrogens with zero attached hydrogens (tertiary/aromatic N) is 8. The first-order chi connectivity index (χ1) is 33.1. The number of ether oxygens (including phenoxy) is 2. The monoisotopic (exact) mass is 1030 g/mol. The summed E-state index contributed by atoms with van der Waals surface area (Å²) in [5, 5.41) is 17.0. The van der Waals surface area contributed by atoms with E-state index < -0.39 is 121 Å². The van der Waals surface area contributed by atoms with Crippen molar-refractivity contribution in [2.75, 3.05) is 37.5 Å². The molecule has 0 aliphatic carbocycles. The summed E-state index contributed by atoms with van der Waals surface area (Å²) in [6.45, 7) is 11.4. The molecule has 3 aliphatic rings. The number of phosphoric acid groups is 1. The van der Waals surface area contributed by atoms with E-state index in [0.717, 1.165) is 18.0 Å². The van der Waals surface area contributed by atoms with Crippen LogP contribution >= 0.6 is 15.6 Å². The molecule has 376 valence electrons. The average Bonchev–Trinajstić information content (AvgIpc) is 4.09. The van der Waals surface area contributed by atoms with Gasteiger partial charge in [0.05, 0.1) is 38.4 Å². The van der Waals surface area contributed by atoms with Crippen molar-refractivity contribution in [3.63, 3.8) is 0 Å². The van der Waals surface area contributed by atoms with Gasteiger partial charge in [-0.1, -0.05) is 52.8 Å². The summed E-state index contributed by atoms with van der Waals surface area (Å²) in [5.74, 6) is -1.57. The molecule has 3 fully saturated rings. The van der Waals surface area contributed by atoms with Gasteiger partial charge in [-0.25, -0.2) is 38.5 Å². The zero-order valence-electron chi connectivity index (χ0n) is 39.3. The molecular formula is C41H53FN12O13P2Si. The molecule has 0 radical (unpaired) electrons. The quantitative estimate of drug-likeness (QED) is 0.0680. The van der Waals surface area contributed by atoms with Crippen molar-refractivity contribution in [3.05, 3.63) is 65.2 Å². The SMILES string of the molecule is COP1(=O)NCC2OC(n3cnc4c(=O)[nH]c(NC(=O)C(C)C)nc43)C(OP(=O)(OCCC#N)OCC3OC(n4cnc5c(NC(=O)c6ccccc6)ncnc54)C(O[Si](C)(C)C(C)(C)C)C3O1)C2F. The number of alkyl halides is 1. The van der Waals surface area contributed by atoms with Gasteiger partial charge < -0.3 is 23.7 Å². The van der Waals surface area contributed by atoms with Crippen LogP contribution in [0.5, 0.6) is 0 Å². The van der Waals surface area contributed by atoms with Crippen LogP contribution in [0.25, 0.3) is 22.3 Å². The highest BCUT2D eigenvalue weighted by Gasteiger charge is 2.57. The maximum Gasteiger partial charge on any atom is 0.475 e. The molecule has 7 heterocycles. The van der Waals surface area contributed by atoms with Crippen molar-refractivity contribution in [3.8, 4) is 6.07 Å². The number of hydrogen-bond donors (Lipinski definition) is 4. The molecule has 2 amide bonds. The van der Waals surface area contributed by atoms with E-state index in [1.54, 1.807) is 44.2 Å². The van der Waals surface area contributed by atoms with Crippen LogP contribution in [-0.4, -0.2) is 123 Å². The van der Waals surface area contributed by atoms with Crippen LogP contribution in [0.4, 0.5) is 16.2 Å². The second kappa shape index (κ2) is 20.1. The Morgan fingerprint density at radius 3 is 2.37 bits per heavy atom. The molecule has 4 N–H and O–H groups in total. The first kappa shape index (κ1) is 51.2. The lowest BCUT2D eigenvalue weighted by atomic mass is 10.1. The average molecular weight is 1030 g/mol. The Balaban J connectivity index is 1.19. The number of imidazole rings is 2. The normalized spacial score (nSPS) is 28.7. The molecule has 3 aliphatic heterocycles. The number of anilines is 2. The van der Waals surface area contributed by atoms with Gasteiger partial charge in [0.2, 0.25) is 11.9 Å². The summed E-state index contributed by atoms with van der Waals surface area (Å²) < 4.78 is 98.9. The van der Waals surface area contributed by atoms with Crippen LogP contribution in [0.15, 0.2) is 54.1 Å². The van der Waals surface area contributed by atoms with Gasteiger partial charge in [0.25, 0.3) is 11.5 Å². The third-order valence-electron chi connectivity index (χ3n) is 12.3. The van der Waals surface area contributed by atoms with Crippen molar-refractivity contribution in [2.45, 2.75) is 108 Å². The number of nitriles is 1. The number of halogens is 1. The Bertz CT molecular complexity index is 2950. The number of aromatic nitrogens is 8. The maximum absolute atomic E-state index is 17.0. The highest BCUT2D eigenvalue weighted by atomic mass is 31.2. The van der Waals surface area contributed by atoms with Crippen LogP contribution in [0.2, 0.25) is 18.1 Å². The minimum Gasteiger partial charge on any atom is -0.407 e. The number of carbonyl (C=O) groups is 2. The second-order valence-corrected chi connectivity index (χ2v) is 26.6. The maximum atomic E-state index is 17.0. The number of H-pyrrole nitrogens is 1. The smallest absolute Gasteiger partial charge is 0.407 e. The number of hydrogen-bond acceptors (Lipinski definition) is 19. The highest BCUT2D eigenvalue weighted by molar-refractivity contribution is 7.51. The zero-order chi connectivity index (χ0) is 50.3. The van der Waals surface area contributed by atoms with Gasteiger partial charge in [-0.05, 0) is 30.3 Å². The van der Waals surface area contributed by atoms with Crippen molar-refractivity contribution in [1.82, 2.24) is 44.1 Å². The van der Waals surface area contributed by atoms with E-state index in [-0.39, 0.29) is 40.5 Å². The number of aromatic amines is 1. The van der Waals surface area contributed by atoms with Crippen LogP contribution in [0.1, 0.15) is 63.9 Å². The molecule has 0 saturated carbocycles. The van der Waals surface area contributed by atoms with E-state index in [2.05, 4.69) is 45.6 Å². The van der Waals surface area contributed by atoms with Crippen LogP contribution in [0.3, 0.4) is 0 Å². The van der Waals surface area contributed by atoms with E-state index in [1.807, 2.05) is 39.9 Å². The minimum absolute atomic E-state index is 0.0891. The Morgan fingerprint density at radius 1 is 0.986 bits per heavy atom. The van der Waals surface area contributed by atoms with Crippen molar-refractivity contribution in [2.24, 2.45) is 5.92 Å². The Hall–Kier alpha value is -5.20. The fraction of sp³-hybridized carbons (Fsp3) is 0.537. The molecule has 10 unspecified atom stereocenters. The number of carbonyl (C=O) groups excluding carboxylic acids is 2. The van der Waals surface area contributed by atoms with E-state index >= 15 is 4.39 Å². The summed E-state index contributed by atoms with van der Waals surface area (Å²) >= 11 is 0. The predicted octanol–water partition coefficient (Wildman–Crippen LogP) is 5.51. The van der Waals surface area contributed by atoms with E-state index in [4.69, 9.17) is 36.5 Å². The van der Waals surface area contributed by atoms with E-state index in [0.29, 0.717) is 5.56 Å². The number of fused-ring (bicyclic) bond motifs is 5. The van der Waals surface area contributed by atoms with Gasteiger partial charge in [-0.3, -0.25) is 51.9 Å². The number of rotatable bonds is 12. The lowest BCUT2D eigenvalue weighted by molar-refractivity contribution is -0.118. The fourth-order valence-electron chi connectivity index (χ4n) is 7.48. The first-order valence-corrected chi connectivity index (χ1v) is 28.0. The molecule has 29 heteroatoms. The van der Waals surface area contributed by atoms with Crippen LogP contribution < -0.4 is 21.3 Å². The third-order valence-corrected chi connectivity index (χ3v) is 19.8. The Labute approximate surface area is 400 Å².